The highest BCUT2D eigenvalue weighted by Gasteiger charge is 2.15. The molecule has 5 heteroatoms. The number of hydrogen-bond donors (Lipinski definition) is 1. The molecule has 0 spiro atoms. The first-order valence-corrected chi connectivity index (χ1v) is 9.33. The van der Waals surface area contributed by atoms with E-state index >= 15 is 0 Å². The van der Waals surface area contributed by atoms with E-state index in [1.54, 1.807) is 30.5 Å². The first-order chi connectivity index (χ1) is 13.1. The maximum atomic E-state index is 10.5. The number of rotatable bonds is 9. The van der Waals surface area contributed by atoms with Crippen LogP contribution in [0.4, 0.5) is 0 Å². The minimum absolute atomic E-state index is 0.212. The van der Waals surface area contributed by atoms with Crippen LogP contribution in [0.5, 0.6) is 5.75 Å². The Morgan fingerprint density at radius 2 is 1.89 bits per heavy atom. The summed E-state index contributed by atoms with van der Waals surface area (Å²) in [4.78, 5) is 2.16. The SMILES string of the molecule is Cc1cccc(CN(Cc2ccco2)C[C@H](O)COc2ccc(Cl)cc2)c1. The van der Waals surface area contributed by atoms with Gasteiger partial charge in [-0.1, -0.05) is 41.4 Å². The molecular weight excluding hydrogens is 362 g/mol. The minimum atomic E-state index is -0.625. The van der Waals surface area contributed by atoms with Gasteiger partial charge in [0.15, 0.2) is 0 Å². The molecule has 4 nitrogen and oxygen atoms in total. The van der Waals surface area contributed by atoms with Gasteiger partial charge in [0.1, 0.15) is 24.2 Å². The summed E-state index contributed by atoms with van der Waals surface area (Å²) < 4.78 is 11.1. The molecule has 3 rings (SSSR count). The number of aryl methyl sites for hydroxylation is 1. The van der Waals surface area contributed by atoms with E-state index in [-0.39, 0.29) is 6.61 Å². The van der Waals surface area contributed by atoms with Crippen LogP contribution in [0, 0.1) is 6.92 Å². The lowest BCUT2D eigenvalue weighted by Gasteiger charge is -2.24. The highest BCUT2D eigenvalue weighted by Crippen LogP contribution is 2.16. The number of aliphatic hydroxyl groups excluding tert-OH is 1. The minimum Gasteiger partial charge on any atom is -0.491 e. The van der Waals surface area contributed by atoms with Gasteiger partial charge in [0.25, 0.3) is 0 Å². The van der Waals surface area contributed by atoms with Crippen molar-refractivity contribution in [1.82, 2.24) is 4.90 Å². The number of ether oxygens (including phenoxy) is 1. The predicted molar refractivity (Wildman–Crippen MR) is 107 cm³/mol. The zero-order valence-electron chi connectivity index (χ0n) is 15.3. The van der Waals surface area contributed by atoms with Gasteiger partial charge in [0.05, 0.1) is 12.8 Å². The molecule has 1 atom stereocenters. The van der Waals surface area contributed by atoms with Crippen molar-refractivity contribution in [3.63, 3.8) is 0 Å². The second kappa shape index (κ2) is 9.60. The third-order valence-electron chi connectivity index (χ3n) is 4.17. The molecular formula is C22H24ClNO3. The molecule has 0 bridgehead atoms. The second-order valence-corrected chi connectivity index (χ2v) is 7.09. The van der Waals surface area contributed by atoms with Gasteiger partial charge in [-0.25, -0.2) is 0 Å². The summed E-state index contributed by atoms with van der Waals surface area (Å²) in [6.45, 7) is 4.11. The van der Waals surface area contributed by atoms with Crippen molar-refractivity contribution >= 4 is 11.6 Å². The summed E-state index contributed by atoms with van der Waals surface area (Å²) in [6, 6.07) is 19.3. The molecule has 0 radical (unpaired) electrons. The molecule has 1 heterocycles. The van der Waals surface area contributed by atoms with Crippen molar-refractivity contribution in [1.29, 1.82) is 0 Å². The zero-order chi connectivity index (χ0) is 19.1. The fraction of sp³-hybridized carbons (Fsp3) is 0.273. The molecule has 1 N–H and O–H groups in total. The van der Waals surface area contributed by atoms with E-state index in [1.165, 1.54) is 11.1 Å². The molecule has 0 fully saturated rings. The highest BCUT2D eigenvalue weighted by atomic mass is 35.5. The summed E-state index contributed by atoms with van der Waals surface area (Å²) >= 11 is 5.88. The van der Waals surface area contributed by atoms with Crippen molar-refractivity contribution in [3.05, 3.63) is 88.8 Å². The van der Waals surface area contributed by atoms with E-state index in [9.17, 15) is 5.11 Å². The quantitative estimate of drug-likeness (QED) is 0.580. The molecule has 142 valence electrons. The van der Waals surface area contributed by atoms with Gasteiger partial charge in [-0.2, -0.15) is 0 Å². The molecule has 0 aliphatic heterocycles. The molecule has 0 saturated carbocycles. The first kappa shape index (κ1) is 19.5. The standard InChI is InChI=1S/C22H24ClNO3/c1-17-4-2-5-18(12-17)13-24(15-22-6-3-11-26-22)14-20(25)16-27-21-9-7-19(23)8-10-21/h2-12,20,25H,13-16H2,1H3/t20-/m0/s1. The van der Waals surface area contributed by atoms with Crippen LogP contribution in [0.3, 0.4) is 0 Å². The normalized spacial score (nSPS) is 12.3. The van der Waals surface area contributed by atoms with Crippen molar-refractivity contribution in [2.24, 2.45) is 0 Å². The van der Waals surface area contributed by atoms with Crippen LogP contribution in [0.15, 0.2) is 71.3 Å². The molecule has 27 heavy (non-hydrogen) atoms. The third-order valence-corrected chi connectivity index (χ3v) is 4.43. The number of nitrogens with zero attached hydrogens (tertiary/aromatic N) is 1. The maximum Gasteiger partial charge on any atom is 0.119 e. The average molecular weight is 386 g/mol. The van der Waals surface area contributed by atoms with E-state index in [1.807, 2.05) is 12.1 Å². The molecule has 0 amide bonds. The Kier molecular flexibility index (Phi) is 6.93. The molecule has 1 aromatic heterocycles. The van der Waals surface area contributed by atoms with E-state index in [0.717, 1.165) is 12.3 Å². The maximum absolute atomic E-state index is 10.5. The van der Waals surface area contributed by atoms with Crippen molar-refractivity contribution in [2.45, 2.75) is 26.1 Å². The monoisotopic (exact) mass is 385 g/mol. The fourth-order valence-electron chi connectivity index (χ4n) is 2.95. The van der Waals surface area contributed by atoms with Gasteiger partial charge in [-0.15, -0.1) is 0 Å². The Labute approximate surface area is 165 Å². The first-order valence-electron chi connectivity index (χ1n) is 8.95. The van der Waals surface area contributed by atoms with Crippen molar-refractivity contribution in [2.75, 3.05) is 13.2 Å². The molecule has 2 aromatic carbocycles. The van der Waals surface area contributed by atoms with Crippen molar-refractivity contribution < 1.29 is 14.3 Å². The summed E-state index contributed by atoms with van der Waals surface area (Å²) in [7, 11) is 0. The van der Waals surface area contributed by atoms with Gasteiger partial charge in [0, 0.05) is 18.1 Å². The molecule has 0 aliphatic rings. The highest BCUT2D eigenvalue weighted by molar-refractivity contribution is 6.30. The smallest absolute Gasteiger partial charge is 0.119 e. The Morgan fingerprint density at radius 3 is 2.59 bits per heavy atom. The number of furan rings is 1. The van der Waals surface area contributed by atoms with Crippen LogP contribution in [-0.2, 0) is 13.1 Å². The van der Waals surface area contributed by atoms with Gasteiger partial charge in [-0.05, 0) is 48.9 Å². The Balaban J connectivity index is 1.60. The van der Waals surface area contributed by atoms with Crippen LogP contribution < -0.4 is 4.74 Å². The van der Waals surface area contributed by atoms with Gasteiger partial charge >= 0.3 is 0 Å². The Bertz CT molecular complexity index is 818. The van der Waals surface area contributed by atoms with Crippen LogP contribution in [0.2, 0.25) is 5.02 Å². The number of halogens is 1. The van der Waals surface area contributed by atoms with Crippen LogP contribution >= 0.6 is 11.6 Å². The number of benzene rings is 2. The van der Waals surface area contributed by atoms with Crippen LogP contribution in [0.25, 0.3) is 0 Å². The summed E-state index contributed by atoms with van der Waals surface area (Å²) in [6.07, 6.45) is 1.04. The topological polar surface area (TPSA) is 45.8 Å². The lowest BCUT2D eigenvalue weighted by molar-refractivity contribution is 0.0604. The van der Waals surface area contributed by atoms with Crippen LogP contribution in [-0.4, -0.2) is 29.3 Å². The zero-order valence-corrected chi connectivity index (χ0v) is 16.1. The molecule has 0 aliphatic carbocycles. The number of aliphatic hydroxyl groups is 1. The second-order valence-electron chi connectivity index (χ2n) is 6.66. The van der Waals surface area contributed by atoms with Gasteiger partial charge in [-0.3, -0.25) is 4.90 Å². The summed E-state index contributed by atoms with van der Waals surface area (Å²) in [5, 5.41) is 11.1. The van der Waals surface area contributed by atoms with E-state index < -0.39 is 6.10 Å². The molecule has 3 aromatic rings. The van der Waals surface area contributed by atoms with Crippen LogP contribution in [0.1, 0.15) is 16.9 Å². The molecule has 0 saturated heterocycles. The predicted octanol–water partition coefficient (Wildman–Crippen LogP) is 4.68. The van der Waals surface area contributed by atoms with E-state index in [0.29, 0.717) is 23.9 Å². The largest absolute Gasteiger partial charge is 0.491 e. The number of hydrogen-bond acceptors (Lipinski definition) is 4. The van der Waals surface area contributed by atoms with Gasteiger partial charge in [0.2, 0.25) is 0 Å². The van der Waals surface area contributed by atoms with E-state index in [4.69, 9.17) is 20.8 Å². The molecule has 0 unspecified atom stereocenters. The summed E-state index contributed by atoms with van der Waals surface area (Å²) in [5.74, 6) is 1.56. The van der Waals surface area contributed by atoms with Crippen molar-refractivity contribution in [3.8, 4) is 5.75 Å². The fourth-order valence-corrected chi connectivity index (χ4v) is 3.08. The third kappa shape index (κ3) is 6.43. The van der Waals surface area contributed by atoms with E-state index in [2.05, 4.69) is 36.1 Å². The van der Waals surface area contributed by atoms with Gasteiger partial charge < -0.3 is 14.3 Å². The lowest BCUT2D eigenvalue weighted by atomic mass is 10.1. The Morgan fingerprint density at radius 1 is 1.07 bits per heavy atom. The summed E-state index contributed by atoms with van der Waals surface area (Å²) in [5.41, 5.74) is 2.42. The Hall–Kier alpha value is -2.27. The average Bonchev–Trinajstić information content (AvgIpc) is 3.14. The lowest BCUT2D eigenvalue weighted by Crippen LogP contribution is -2.35.